The van der Waals surface area contributed by atoms with E-state index in [1.165, 1.54) is 13.0 Å². The summed E-state index contributed by atoms with van der Waals surface area (Å²) in [4.78, 5) is 29.1. The van der Waals surface area contributed by atoms with Crippen molar-refractivity contribution in [3.8, 4) is 22.5 Å². The average Bonchev–Trinajstić information content (AvgIpc) is 3.10. The maximum absolute atomic E-state index is 13.2. The van der Waals surface area contributed by atoms with E-state index in [0.29, 0.717) is 24.1 Å². The zero-order valence-electron chi connectivity index (χ0n) is 30.0. The second kappa shape index (κ2) is 28.9. The van der Waals surface area contributed by atoms with Gasteiger partial charge in [-0.2, -0.15) is 0 Å². The fourth-order valence-corrected chi connectivity index (χ4v) is 4.24. The van der Waals surface area contributed by atoms with Crippen molar-refractivity contribution >= 4 is 11.6 Å². The van der Waals surface area contributed by atoms with Crippen LogP contribution in [0.2, 0.25) is 0 Å². The Morgan fingerprint density at radius 1 is 0.868 bits per heavy atom. The van der Waals surface area contributed by atoms with Gasteiger partial charge in [0.1, 0.15) is 23.2 Å². The van der Waals surface area contributed by atoms with E-state index in [1.807, 2.05) is 12.2 Å². The molecule has 2 heterocycles. The summed E-state index contributed by atoms with van der Waals surface area (Å²) in [7, 11) is 0. The molecule has 1 unspecified atom stereocenters. The normalized spacial score (nSPS) is 10.7. The van der Waals surface area contributed by atoms with Crippen LogP contribution in [0.4, 0.5) is 17.6 Å². The third-order valence-corrected chi connectivity index (χ3v) is 6.64. The number of ketones is 2. The molecule has 1 radical (unpaired) electrons. The van der Waals surface area contributed by atoms with Crippen molar-refractivity contribution in [1.82, 2.24) is 9.97 Å². The largest absolute Gasteiger partial charge is 0.513 e. The Hall–Kier alpha value is -4.57. The molecule has 0 fully saturated rings. The summed E-state index contributed by atoms with van der Waals surface area (Å²) in [5, 5.41) is 18.1. The molecule has 0 saturated heterocycles. The van der Waals surface area contributed by atoms with Crippen molar-refractivity contribution in [2.24, 2.45) is 0 Å². The molecule has 6 nitrogen and oxygen atoms in total. The third-order valence-electron chi connectivity index (χ3n) is 6.64. The van der Waals surface area contributed by atoms with Crippen LogP contribution >= 0.6 is 0 Å². The molecule has 2 N–H and O–H groups in total. The zero-order chi connectivity index (χ0) is 38.7. The van der Waals surface area contributed by atoms with Crippen LogP contribution in [0.3, 0.4) is 0 Å². The Kier molecular flexibility index (Phi) is 26.5. The molecule has 0 aliphatic rings. The molecular formula is C42H46F4IrN2O4-2. The van der Waals surface area contributed by atoms with Gasteiger partial charge in [-0.1, -0.05) is 35.9 Å². The average molecular weight is 911 g/mol. The van der Waals surface area contributed by atoms with Crippen molar-refractivity contribution < 1.29 is 57.5 Å². The number of aliphatic hydroxyl groups excluding tert-OH is 2. The molecule has 2 aromatic carbocycles. The number of aliphatic hydroxyl groups is 2. The Bertz CT molecular complexity index is 1600. The van der Waals surface area contributed by atoms with E-state index in [2.05, 4.69) is 35.3 Å². The number of carbonyl (C=O) groups is 2. The van der Waals surface area contributed by atoms with Crippen LogP contribution in [0.1, 0.15) is 71.6 Å². The summed E-state index contributed by atoms with van der Waals surface area (Å²) in [6.07, 6.45) is 14.2. The van der Waals surface area contributed by atoms with Crippen LogP contribution in [0.25, 0.3) is 22.5 Å². The van der Waals surface area contributed by atoms with Gasteiger partial charge in [-0.3, -0.25) is 23.4 Å². The zero-order valence-corrected chi connectivity index (χ0v) is 32.4. The summed E-state index contributed by atoms with van der Waals surface area (Å²) >= 11 is 0. The molecule has 4 aromatic rings. The van der Waals surface area contributed by atoms with Gasteiger partial charge in [0, 0.05) is 62.5 Å². The second-order valence-electron chi connectivity index (χ2n) is 11.4. The molecule has 0 aliphatic carbocycles. The minimum absolute atomic E-state index is 0. The van der Waals surface area contributed by atoms with E-state index in [4.69, 9.17) is 5.11 Å². The van der Waals surface area contributed by atoms with Gasteiger partial charge >= 0.3 is 0 Å². The van der Waals surface area contributed by atoms with Gasteiger partial charge in [0.2, 0.25) is 0 Å². The second-order valence-corrected chi connectivity index (χ2v) is 11.4. The molecule has 0 bridgehead atoms. The standard InChI is InChI=1S/2C11H6F2N.C10H18O2.C10H16O2.Ir/c12-8-4-5-9(10(13)7-8)11-3-1-2-6-14-11;12-9-6-10(13)11(14-7-9)8-4-2-1-3-5-8;2*1-3-4-5-6-7-10(12)8-9(2)11;/h2*1-4,6-7H;3,8-9,11-12H,1,4-7H2,2H3;3H,1,4-8H2,2H3;/q2*-1;;;. The number of aromatic nitrogens is 2. The van der Waals surface area contributed by atoms with Gasteiger partial charge in [-0.15, -0.1) is 61.2 Å². The number of hydrogen-bond acceptors (Lipinski definition) is 6. The van der Waals surface area contributed by atoms with E-state index in [-0.39, 0.29) is 55.1 Å². The molecule has 287 valence electrons. The number of allylic oxidation sites excluding steroid dienone is 3. The first-order chi connectivity index (χ1) is 24.9. The molecule has 53 heavy (non-hydrogen) atoms. The summed E-state index contributed by atoms with van der Waals surface area (Å²) in [5.41, 5.74) is 1.27. The maximum Gasteiger partial charge on any atom is 0.142 e. The number of rotatable bonds is 15. The SMILES string of the molecule is C=CCCCCC(=O)CC(C)=O.C=CCCCCC(O)=CC(C)O.Fc1c[c-]c(-c2ccccn2)c(F)c1.Fc1cnc(-c2[c-]cccc2)c(F)c1.[Ir]. The van der Waals surface area contributed by atoms with Crippen LogP contribution < -0.4 is 0 Å². The van der Waals surface area contributed by atoms with E-state index < -0.39 is 29.4 Å². The first kappa shape index (κ1) is 48.4. The van der Waals surface area contributed by atoms with Crippen LogP contribution in [0.5, 0.6) is 0 Å². The van der Waals surface area contributed by atoms with Crippen molar-refractivity contribution in [3.63, 3.8) is 0 Å². The topological polar surface area (TPSA) is 100 Å². The van der Waals surface area contributed by atoms with Crippen LogP contribution in [0, 0.1) is 35.4 Å². The number of carbonyl (C=O) groups excluding carboxylic acids is 2. The molecule has 0 aliphatic heterocycles. The summed E-state index contributed by atoms with van der Waals surface area (Å²) < 4.78 is 51.6. The Morgan fingerprint density at radius 3 is 2.04 bits per heavy atom. The number of benzene rings is 2. The summed E-state index contributed by atoms with van der Waals surface area (Å²) in [6.45, 7) is 10.3. The molecule has 2 aromatic heterocycles. The smallest absolute Gasteiger partial charge is 0.142 e. The number of hydrogen-bond donors (Lipinski definition) is 2. The minimum Gasteiger partial charge on any atom is -0.513 e. The summed E-state index contributed by atoms with van der Waals surface area (Å²) in [5.74, 6) is -2.33. The van der Waals surface area contributed by atoms with Gasteiger partial charge in [-0.05, 0) is 70.2 Å². The number of nitrogens with zero attached hydrogens (tertiary/aromatic N) is 2. The molecule has 11 heteroatoms. The predicted octanol–water partition coefficient (Wildman–Crippen LogP) is 10.5. The fraction of sp³-hybridized carbons (Fsp3) is 0.286. The monoisotopic (exact) mass is 911 g/mol. The Labute approximate surface area is 323 Å². The quantitative estimate of drug-likeness (QED) is 0.0308. The molecular weight excluding hydrogens is 865 g/mol. The first-order valence-corrected chi connectivity index (χ1v) is 16.7. The van der Waals surface area contributed by atoms with Crippen LogP contribution in [-0.4, -0.2) is 37.9 Å². The Morgan fingerprint density at radius 2 is 1.51 bits per heavy atom. The first-order valence-electron chi connectivity index (χ1n) is 16.7. The van der Waals surface area contributed by atoms with Gasteiger partial charge in [-0.25, -0.2) is 8.78 Å². The third kappa shape index (κ3) is 22.9. The predicted molar refractivity (Wildman–Crippen MR) is 197 cm³/mol. The molecule has 0 saturated carbocycles. The molecule has 1 atom stereocenters. The van der Waals surface area contributed by atoms with E-state index in [0.717, 1.165) is 62.9 Å². The van der Waals surface area contributed by atoms with Crippen LogP contribution in [0.15, 0.2) is 110 Å². The van der Waals surface area contributed by atoms with Gasteiger partial charge in [0.15, 0.2) is 0 Å². The summed E-state index contributed by atoms with van der Waals surface area (Å²) in [6, 6.07) is 20.0. The molecule has 0 amide bonds. The van der Waals surface area contributed by atoms with E-state index >= 15 is 0 Å². The fourth-order valence-electron chi connectivity index (χ4n) is 4.24. The van der Waals surface area contributed by atoms with Gasteiger partial charge in [0.25, 0.3) is 0 Å². The molecule has 0 spiro atoms. The van der Waals surface area contributed by atoms with E-state index in [9.17, 15) is 32.3 Å². The van der Waals surface area contributed by atoms with Crippen molar-refractivity contribution in [3.05, 3.63) is 146 Å². The van der Waals surface area contributed by atoms with Gasteiger partial charge < -0.3 is 15.2 Å². The number of Topliss-reactive ketones (excluding diaryl/α,β-unsaturated/α-hetero) is 2. The van der Waals surface area contributed by atoms with Gasteiger partial charge in [0.05, 0.1) is 24.5 Å². The number of halogens is 4. The minimum atomic E-state index is -0.679. The Balaban J connectivity index is 0.000000679. The number of unbranched alkanes of at least 4 members (excludes halogenated alkanes) is 4. The van der Waals surface area contributed by atoms with Crippen molar-refractivity contribution in [1.29, 1.82) is 0 Å². The van der Waals surface area contributed by atoms with Crippen molar-refractivity contribution in [2.75, 3.05) is 0 Å². The maximum atomic E-state index is 13.2. The molecule has 4 rings (SSSR count). The van der Waals surface area contributed by atoms with E-state index in [1.54, 1.807) is 55.6 Å². The number of pyridine rings is 2. The van der Waals surface area contributed by atoms with Crippen molar-refractivity contribution in [2.45, 2.75) is 77.7 Å². The van der Waals surface area contributed by atoms with Crippen LogP contribution in [-0.2, 0) is 29.7 Å².